The van der Waals surface area contributed by atoms with Crippen LogP contribution >= 0.6 is 24.0 Å². The minimum Gasteiger partial charge on any atom is -0.497 e. The second kappa shape index (κ2) is 12.6. The highest BCUT2D eigenvalue weighted by Gasteiger charge is 2.34. The number of ether oxygens (including phenoxy) is 3. The number of nitrogens with one attached hydrogen (secondary N) is 2. The van der Waals surface area contributed by atoms with E-state index in [0.717, 1.165) is 83.7 Å². The average molecular weight is 518 g/mol. The minimum absolute atomic E-state index is 0. The summed E-state index contributed by atoms with van der Waals surface area (Å²) in [5.74, 6) is 1.74. The highest BCUT2D eigenvalue weighted by molar-refractivity contribution is 14.0. The first kappa shape index (κ1) is 24.2. The van der Waals surface area contributed by atoms with Crippen LogP contribution < -0.4 is 15.4 Å². The fourth-order valence-corrected chi connectivity index (χ4v) is 3.90. The Balaban J connectivity index is 0.00000300. The maximum atomic E-state index is 5.64. The molecule has 1 aromatic carbocycles. The van der Waals surface area contributed by atoms with Crippen LogP contribution in [0.1, 0.15) is 18.4 Å². The number of methoxy groups -OCH3 is 1. The SMILES string of the molecule is CN=C(NCCN1CCOCC1)NCC1(c2ccc(OC)cc2)CCOCC1.I. The fraction of sp³-hybridized carbons (Fsp3) is 0.667. The highest BCUT2D eigenvalue weighted by Crippen LogP contribution is 2.35. The van der Waals surface area contributed by atoms with E-state index in [1.54, 1.807) is 7.11 Å². The minimum atomic E-state index is 0. The van der Waals surface area contributed by atoms with Crippen molar-refractivity contribution in [2.75, 3.05) is 73.3 Å². The number of rotatable bonds is 7. The van der Waals surface area contributed by atoms with Crippen LogP contribution in [0.3, 0.4) is 0 Å². The Bertz CT molecular complexity index is 615. The quantitative estimate of drug-likeness (QED) is 0.327. The lowest BCUT2D eigenvalue weighted by Gasteiger charge is -2.38. The molecule has 2 aliphatic heterocycles. The van der Waals surface area contributed by atoms with Crippen molar-refractivity contribution in [1.82, 2.24) is 15.5 Å². The van der Waals surface area contributed by atoms with E-state index in [4.69, 9.17) is 14.2 Å². The zero-order valence-electron chi connectivity index (χ0n) is 17.6. The van der Waals surface area contributed by atoms with E-state index in [0.29, 0.717) is 0 Å². The van der Waals surface area contributed by atoms with Crippen LogP contribution in [-0.2, 0) is 14.9 Å². The third-order valence-corrected chi connectivity index (χ3v) is 5.79. The monoisotopic (exact) mass is 518 g/mol. The van der Waals surface area contributed by atoms with Gasteiger partial charge in [0.05, 0.1) is 20.3 Å². The Morgan fingerprint density at radius 2 is 1.72 bits per heavy atom. The first-order valence-corrected chi connectivity index (χ1v) is 10.2. The molecule has 7 nitrogen and oxygen atoms in total. The molecule has 2 aliphatic rings. The van der Waals surface area contributed by atoms with Gasteiger partial charge in [-0.1, -0.05) is 12.1 Å². The van der Waals surface area contributed by atoms with E-state index in [-0.39, 0.29) is 29.4 Å². The van der Waals surface area contributed by atoms with Gasteiger partial charge in [0, 0.05) is 58.4 Å². The maximum absolute atomic E-state index is 5.64. The van der Waals surface area contributed by atoms with Crippen molar-refractivity contribution in [2.45, 2.75) is 18.3 Å². The van der Waals surface area contributed by atoms with E-state index in [1.165, 1.54) is 5.56 Å². The summed E-state index contributed by atoms with van der Waals surface area (Å²) in [5.41, 5.74) is 1.37. The van der Waals surface area contributed by atoms with Crippen molar-refractivity contribution < 1.29 is 14.2 Å². The van der Waals surface area contributed by atoms with Crippen LogP contribution in [0.15, 0.2) is 29.3 Å². The molecule has 0 bridgehead atoms. The molecule has 29 heavy (non-hydrogen) atoms. The zero-order chi connectivity index (χ0) is 19.7. The molecule has 8 heteroatoms. The Hall–Kier alpha value is -1.10. The van der Waals surface area contributed by atoms with Crippen LogP contribution in [0.25, 0.3) is 0 Å². The summed E-state index contributed by atoms with van der Waals surface area (Å²) < 4.78 is 16.4. The van der Waals surface area contributed by atoms with Gasteiger partial charge in [-0.25, -0.2) is 0 Å². The number of benzene rings is 1. The van der Waals surface area contributed by atoms with E-state index in [9.17, 15) is 0 Å². The third-order valence-electron chi connectivity index (χ3n) is 5.79. The second-order valence-corrected chi connectivity index (χ2v) is 7.43. The smallest absolute Gasteiger partial charge is 0.191 e. The summed E-state index contributed by atoms with van der Waals surface area (Å²) in [6.07, 6.45) is 1.99. The van der Waals surface area contributed by atoms with Gasteiger partial charge in [0.1, 0.15) is 5.75 Å². The molecule has 1 aromatic rings. The molecule has 0 spiro atoms. The summed E-state index contributed by atoms with van der Waals surface area (Å²) in [6.45, 7) is 7.97. The Kier molecular flexibility index (Phi) is 10.5. The van der Waals surface area contributed by atoms with Crippen molar-refractivity contribution >= 4 is 29.9 Å². The fourth-order valence-electron chi connectivity index (χ4n) is 3.90. The molecule has 2 saturated heterocycles. The molecule has 2 heterocycles. The van der Waals surface area contributed by atoms with Crippen molar-refractivity contribution in [3.63, 3.8) is 0 Å². The van der Waals surface area contributed by atoms with Gasteiger partial charge < -0.3 is 24.8 Å². The van der Waals surface area contributed by atoms with Gasteiger partial charge in [-0.2, -0.15) is 0 Å². The Morgan fingerprint density at radius 1 is 1.07 bits per heavy atom. The van der Waals surface area contributed by atoms with Crippen molar-refractivity contribution in [2.24, 2.45) is 4.99 Å². The molecule has 0 amide bonds. The summed E-state index contributed by atoms with van der Waals surface area (Å²) in [7, 11) is 3.53. The Morgan fingerprint density at radius 3 is 2.34 bits per heavy atom. The standard InChI is InChI=1S/C21H34N4O3.HI/c1-22-20(23-9-10-25-11-15-28-16-12-25)24-17-21(7-13-27-14-8-21)18-3-5-19(26-2)6-4-18;/h3-6H,7-17H2,1-2H3,(H2,22,23,24);1H. The molecule has 2 N–H and O–H groups in total. The van der Waals surface area contributed by atoms with Crippen molar-refractivity contribution in [3.8, 4) is 5.75 Å². The van der Waals surface area contributed by atoms with Gasteiger partial charge in [-0.05, 0) is 30.5 Å². The van der Waals surface area contributed by atoms with Crippen molar-refractivity contribution in [1.29, 1.82) is 0 Å². The summed E-state index contributed by atoms with van der Waals surface area (Å²) in [6, 6.07) is 8.45. The van der Waals surface area contributed by atoms with Crippen LogP contribution in [0, 0.1) is 0 Å². The maximum Gasteiger partial charge on any atom is 0.191 e. The first-order valence-electron chi connectivity index (χ1n) is 10.2. The van der Waals surface area contributed by atoms with Gasteiger partial charge in [0.2, 0.25) is 0 Å². The van der Waals surface area contributed by atoms with Crippen LogP contribution in [-0.4, -0.2) is 84.2 Å². The topological polar surface area (TPSA) is 67.4 Å². The number of halogens is 1. The molecule has 0 aliphatic carbocycles. The van der Waals surface area contributed by atoms with Gasteiger partial charge in [-0.15, -0.1) is 24.0 Å². The van der Waals surface area contributed by atoms with Gasteiger partial charge in [0.25, 0.3) is 0 Å². The number of hydrogen-bond donors (Lipinski definition) is 2. The molecule has 0 radical (unpaired) electrons. The van der Waals surface area contributed by atoms with Gasteiger partial charge >= 0.3 is 0 Å². The molecule has 0 saturated carbocycles. The lowest BCUT2D eigenvalue weighted by molar-refractivity contribution is 0.0388. The van der Waals surface area contributed by atoms with Gasteiger partial charge in [0.15, 0.2) is 5.96 Å². The largest absolute Gasteiger partial charge is 0.497 e. The molecule has 0 unspecified atom stereocenters. The van der Waals surface area contributed by atoms with E-state index >= 15 is 0 Å². The third kappa shape index (κ3) is 6.97. The lowest BCUT2D eigenvalue weighted by atomic mass is 9.74. The highest BCUT2D eigenvalue weighted by atomic mass is 127. The molecule has 3 rings (SSSR count). The van der Waals surface area contributed by atoms with E-state index < -0.39 is 0 Å². The Labute approximate surface area is 191 Å². The number of hydrogen-bond acceptors (Lipinski definition) is 5. The summed E-state index contributed by atoms with van der Waals surface area (Å²) in [5, 5.41) is 7.00. The van der Waals surface area contributed by atoms with Crippen LogP contribution in [0.4, 0.5) is 0 Å². The number of morpholine rings is 1. The van der Waals surface area contributed by atoms with Gasteiger partial charge in [-0.3, -0.25) is 9.89 Å². The van der Waals surface area contributed by atoms with Crippen LogP contribution in [0.2, 0.25) is 0 Å². The summed E-state index contributed by atoms with van der Waals surface area (Å²) >= 11 is 0. The predicted octanol–water partition coefficient (Wildman–Crippen LogP) is 1.86. The molecule has 164 valence electrons. The molecule has 2 fully saturated rings. The number of guanidine groups is 1. The zero-order valence-corrected chi connectivity index (χ0v) is 19.9. The predicted molar refractivity (Wildman–Crippen MR) is 127 cm³/mol. The normalized spacial score (nSPS) is 19.9. The van der Waals surface area contributed by atoms with Crippen LogP contribution in [0.5, 0.6) is 5.75 Å². The average Bonchev–Trinajstić information content (AvgIpc) is 2.77. The second-order valence-electron chi connectivity index (χ2n) is 7.43. The molecule has 0 aromatic heterocycles. The number of aliphatic imine (C=N–C) groups is 1. The summed E-state index contributed by atoms with van der Waals surface area (Å²) in [4.78, 5) is 6.82. The lowest BCUT2D eigenvalue weighted by Crippen LogP contribution is -2.49. The van der Waals surface area contributed by atoms with E-state index in [1.807, 2.05) is 19.2 Å². The first-order chi connectivity index (χ1) is 13.8. The van der Waals surface area contributed by atoms with E-state index in [2.05, 4.69) is 32.7 Å². The van der Waals surface area contributed by atoms with Crippen molar-refractivity contribution in [3.05, 3.63) is 29.8 Å². The molecule has 0 atom stereocenters. The molecular formula is C21H35IN4O3. The number of nitrogens with zero attached hydrogens (tertiary/aromatic N) is 2. The molecular weight excluding hydrogens is 483 g/mol.